The lowest BCUT2D eigenvalue weighted by Gasteiger charge is -1.74. The predicted octanol–water partition coefficient (Wildman–Crippen LogP) is 5.31. The molecule has 10 heavy (non-hydrogen) atoms. The summed E-state index contributed by atoms with van der Waals surface area (Å²) in [5, 5.41) is -3.22. The zero-order valence-corrected chi connectivity index (χ0v) is 9.63. The summed E-state index contributed by atoms with van der Waals surface area (Å²) in [6.07, 6.45) is 0. The van der Waals surface area contributed by atoms with E-state index in [1.165, 1.54) is 0 Å². The molecule has 0 aliphatic rings. The van der Waals surface area contributed by atoms with Gasteiger partial charge in [0.05, 0.1) is 0 Å². The van der Waals surface area contributed by atoms with Gasteiger partial charge in [-0.05, 0) is 33.7 Å². The van der Waals surface area contributed by atoms with Crippen LogP contribution in [0, 0.1) is 0 Å². The Labute approximate surface area is 87.9 Å². The Kier molecular flexibility index (Phi) is 10.5. The molecule has 0 saturated heterocycles. The fourth-order valence-corrected chi connectivity index (χ4v) is 0. The van der Waals surface area contributed by atoms with Crippen LogP contribution in [0.5, 0.6) is 0 Å². The first-order valence-electron chi connectivity index (χ1n) is 1.57. The molecule has 0 fully saturated rings. The van der Waals surface area contributed by atoms with Crippen molar-refractivity contribution >= 4 is 73.7 Å². The second kappa shape index (κ2) is 7.36. The number of halogens is 6. The van der Waals surface area contributed by atoms with E-state index in [4.69, 9.17) is 34.8 Å². The molecular formula is C2HCl6OP. The smallest absolute Gasteiger partial charge is 0.271 e. The standard InChI is InChI=1S/C2HCl3.Cl3OP/c3-1-2(4)5;1-5(2,3)4/h1H;. The third kappa shape index (κ3) is 53.5. The summed E-state index contributed by atoms with van der Waals surface area (Å²) in [5.74, 6) is 0. The average Bonchev–Trinajstić information content (AvgIpc) is 1.61. The van der Waals surface area contributed by atoms with Crippen molar-refractivity contribution in [1.82, 2.24) is 0 Å². The fourth-order valence-electron chi connectivity index (χ4n) is 0. The fraction of sp³-hybridized carbons (Fsp3) is 0. The van der Waals surface area contributed by atoms with E-state index in [9.17, 15) is 4.57 Å². The van der Waals surface area contributed by atoms with Gasteiger partial charge in [0.1, 0.15) is 4.49 Å². The molecule has 8 heteroatoms. The SMILES string of the molecule is ClC=C(Cl)Cl.O=P(Cl)(Cl)Cl. The van der Waals surface area contributed by atoms with Crippen molar-refractivity contribution < 1.29 is 4.57 Å². The highest BCUT2D eigenvalue weighted by Gasteiger charge is 2.02. The van der Waals surface area contributed by atoms with E-state index in [1.54, 1.807) is 0 Å². The normalized spacial score (nSPS) is 9.40. The van der Waals surface area contributed by atoms with Gasteiger partial charge in [0, 0.05) is 5.54 Å². The monoisotopic (exact) mass is 282 g/mol. The van der Waals surface area contributed by atoms with Crippen LogP contribution in [0.2, 0.25) is 0 Å². The van der Waals surface area contributed by atoms with E-state index in [-0.39, 0.29) is 4.49 Å². The van der Waals surface area contributed by atoms with Crippen molar-refractivity contribution in [2.75, 3.05) is 0 Å². The Hall–Kier alpha value is 1.71. The Balaban J connectivity index is 0. The molecule has 0 bridgehead atoms. The molecule has 62 valence electrons. The molecule has 0 spiro atoms. The molecule has 0 heterocycles. The highest BCUT2D eigenvalue weighted by Crippen LogP contribution is 2.61. The predicted molar refractivity (Wildman–Crippen MR) is 50.8 cm³/mol. The lowest BCUT2D eigenvalue weighted by atomic mass is 11.2. The minimum Gasteiger partial charge on any atom is -0.271 e. The molecule has 0 N–H and O–H groups in total. The molecule has 0 aliphatic heterocycles. The topological polar surface area (TPSA) is 17.1 Å². The second-order valence-corrected chi connectivity index (χ2v) is 8.66. The van der Waals surface area contributed by atoms with Crippen LogP contribution in [0.25, 0.3) is 0 Å². The van der Waals surface area contributed by atoms with Crippen LogP contribution in [0.1, 0.15) is 0 Å². The Morgan fingerprint density at radius 2 is 1.30 bits per heavy atom. The minimum absolute atomic E-state index is 0.0895. The van der Waals surface area contributed by atoms with Crippen LogP contribution < -0.4 is 0 Å². The van der Waals surface area contributed by atoms with Crippen molar-refractivity contribution in [1.29, 1.82) is 0 Å². The lowest BCUT2D eigenvalue weighted by molar-refractivity contribution is 0.600. The average molecular weight is 285 g/mol. The second-order valence-electron chi connectivity index (χ2n) is 0.797. The van der Waals surface area contributed by atoms with Gasteiger partial charge >= 0.3 is 5.20 Å². The maximum Gasteiger partial charge on any atom is 0.339 e. The minimum atomic E-state index is -3.22. The number of rotatable bonds is 0. The molecule has 0 aromatic carbocycles. The summed E-state index contributed by atoms with van der Waals surface area (Å²) in [6, 6.07) is 0. The highest BCUT2D eigenvalue weighted by atomic mass is 36.0. The highest BCUT2D eigenvalue weighted by molar-refractivity contribution is 8.24. The van der Waals surface area contributed by atoms with Crippen LogP contribution in [-0.2, 0) is 4.57 Å². The Morgan fingerprint density at radius 3 is 1.30 bits per heavy atom. The molecule has 0 aliphatic carbocycles. The summed E-state index contributed by atoms with van der Waals surface area (Å²) in [7, 11) is 0. The quantitative estimate of drug-likeness (QED) is 0.551. The third-order valence-corrected chi connectivity index (χ3v) is 0.742. The lowest BCUT2D eigenvalue weighted by Crippen LogP contribution is -1.33. The molecule has 0 radical (unpaired) electrons. The maximum absolute atomic E-state index is 9.51. The van der Waals surface area contributed by atoms with Gasteiger partial charge < -0.3 is 0 Å². The number of hydrogen-bond donors (Lipinski definition) is 0. The molecule has 1 nitrogen and oxygen atoms in total. The van der Waals surface area contributed by atoms with Crippen LogP contribution in [-0.4, -0.2) is 0 Å². The Morgan fingerprint density at radius 1 is 1.20 bits per heavy atom. The largest absolute Gasteiger partial charge is 0.339 e. The molecule has 0 unspecified atom stereocenters. The van der Waals surface area contributed by atoms with Gasteiger partial charge in [0.2, 0.25) is 0 Å². The zero-order valence-electron chi connectivity index (χ0n) is 4.20. The molecule has 0 atom stereocenters. The summed E-state index contributed by atoms with van der Waals surface area (Å²) in [6.45, 7) is 0. The van der Waals surface area contributed by atoms with Crippen molar-refractivity contribution in [3.63, 3.8) is 0 Å². The van der Waals surface area contributed by atoms with Gasteiger partial charge in [-0.3, -0.25) is 4.57 Å². The van der Waals surface area contributed by atoms with E-state index in [0.29, 0.717) is 0 Å². The molecule has 0 saturated carbocycles. The van der Waals surface area contributed by atoms with Crippen molar-refractivity contribution in [2.24, 2.45) is 0 Å². The van der Waals surface area contributed by atoms with E-state index >= 15 is 0 Å². The van der Waals surface area contributed by atoms with Crippen molar-refractivity contribution in [3.8, 4) is 0 Å². The van der Waals surface area contributed by atoms with Gasteiger partial charge in [-0.25, -0.2) is 0 Å². The van der Waals surface area contributed by atoms with Crippen LogP contribution in [0.3, 0.4) is 0 Å². The molecule has 0 rings (SSSR count). The first-order valence-corrected chi connectivity index (χ1v) is 7.19. The summed E-state index contributed by atoms with van der Waals surface area (Å²) >= 11 is 28.7. The first-order chi connectivity index (χ1) is 4.27. The van der Waals surface area contributed by atoms with Gasteiger partial charge in [-0.2, -0.15) is 0 Å². The van der Waals surface area contributed by atoms with Gasteiger partial charge in [0.15, 0.2) is 0 Å². The van der Waals surface area contributed by atoms with E-state index in [0.717, 1.165) is 5.54 Å². The summed E-state index contributed by atoms with van der Waals surface area (Å²) < 4.78 is 9.60. The van der Waals surface area contributed by atoms with E-state index in [2.05, 4.69) is 33.7 Å². The van der Waals surface area contributed by atoms with Gasteiger partial charge in [0.25, 0.3) is 0 Å². The van der Waals surface area contributed by atoms with Crippen LogP contribution in [0.4, 0.5) is 0 Å². The molecular weight excluding hydrogens is 284 g/mol. The van der Waals surface area contributed by atoms with Crippen molar-refractivity contribution in [3.05, 3.63) is 10.0 Å². The Bertz CT molecular complexity index is 136. The van der Waals surface area contributed by atoms with Crippen LogP contribution in [0.15, 0.2) is 10.0 Å². The number of hydrogen-bond acceptors (Lipinski definition) is 1. The van der Waals surface area contributed by atoms with Crippen LogP contribution >= 0.6 is 73.7 Å². The molecule has 0 aromatic rings. The first kappa shape index (κ1) is 14.2. The summed E-state index contributed by atoms with van der Waals surface area (Å²) in [4.78, 5) is 0. The third-order valence-electron chi connectivity index (χ3n) is 0.0825. The molecule has 0 aromatic heterocycles. The van der Waals surface area contributed by atoms with Gasteiger partial charge in [-0.1, -0.05) is 34.8 Å². The summed E-state index contributed by atoms with van der Waals surface area (Å²) in [5.41, 5.74) is 1.09. The zero-order chi connectivity index (χ0) is 8.78. The maximum atomic E-state index is 9.51. The van der Waals surface area contributed by atoms with Crippen molar-refractivity contribution in [2.45, 2.75) is 0 Å². The van der Waals surface area contributed by atoms with Gasteiger partial charge in [-0.15, -0.1) is 0 Å². The van der Waals surface area contributed by atoms with E-state index < -0.39 is 5.20 Å². The van der Waals surface area contributed by atoms with E-state index in [1.807, 2.05) is 0 Å². The molecule has 0 amide bonds.